The number of rotatable bonds is 3. The number of carbonyl (C=O) groups excluding carboxylic acids is 1. The summed E-state index contributed by atoms with van der Waals surface area (Å²) in [6.07, 6.45) is 3.91. The van der Waals surface area contributed by atoms with Gasteiger partial charge in [0, 0.05) is 34.2 Å². The van der Waals surface area contributed by atoms with Crippen molar-refractivity contribution in [2.45, 2.75) is 83.6 Å². The molecule has 2 bridgehead atoms. The first-order valence-corrected chi connectivity index (χ1v) is 10.5. The minimum absolute atomic E-state index is 0.159. The summed E-state index contributed by atoms with van der Waals surface area (Å²) in [7, 11) is 0. The summed E-state index contributed by atoms with van der Waals surface area (Å²) in [5.74, 6) is 0. The van der Waals surface area contributed by atoms with E-state index >= 15 is 0 Å². The van der Waals surface area contributed by atoms with E-state index in [9.17, 15) is 4.79 Å². The fourth-order valence-electron chi connectivity index (χ4n) is 4.10. The lowest BCUT2D eigenvalue weighted by Gasteiger charge is -2.39. The van der Waals surface area contributed by atoms with Crippen molar-refractivity contribution in [2.24, 2.45) is 0 Å². The summed E-state index contributed by atoms with van der Waals surface area (Å²) < 4.78 is 6.65. The normalized spacial score (nSPS) is 25.5. The van der Waals surface area contributed by atoms with Gasteiger partial charge in [0.05, 0.1) is 0 Å². The smallest absolute Gasteiger partial charge is 0.410 e. The molecule has 2 saturated heterocycles. The van der Waals surface area contributed by atoms with Crippen molar-refractivity contribution in [3.8, 4) is 0 Å². The van der Waals surface area contributed by atoms with Crippen LogP contribution in [0.3, 0.4) is 0 Å². The van der Waals surface area contributed by atoms with Gasteiger partial charge in [0.1, 0.15) is 5.60 Å². The van der Waals surface area contributed by atoms with Gasteiger partial charge in [0.15, 0.2) is 0 Å². The van der Waals surface area contributed by atoms with Gasteiger partial charge in [-0.3, -0.25) is 0 Å². The summed E-state index contributed by atoms with van der Waals surface area (Å²) in [5.41, 5.74) is 1.80. The van der Waals surface area contributed by atoms with Gasteiger partial charge in [0.2, 0.25) is 0 Å². The van der Waals surface area contributed by atoms with E-state index in [1.165, 1.54) is 0 Å². The van der Waals surface area contributed by atoms with Gasteiger partial charge in [0.25, 0.3) is 0 Å². The number of nitrogens with one attached hydrogen (secondary N) is 1. The molecule has 4 nitrogen and oxygen atoms in total. The summed E-state index contributed by atoms with van der Waals surface area (Å²) in [6.45, 7) is 8.53. The zero-order chi connectivity index (χ0) is 19.1. The van der Waals surface area contributed by atoms with Crippen LogP contribution in [0, 0.1) is 6.92 Å². The van der Waals surface area contributed by atoms with Crippen LogP contribution in [-0.4, -0.2) is 34.7 Å². The lowest BCUT2D eigenvalue weighted by molar-refractivity contribution is 0.00466. The van der Waals surface area contributed by atoms with Crippen molar-refractivity contribution in [3.05, 3.63) is 32.8 Å². The van der Waals surface area contributed by atoms with Gasteiger partial charge in [-0.1, -0.05) is 27.5 Å². The Kier molecular flexibility index (Phi) is 5.90. The highest BCUT2D eigenvalue weighted by Crippen LogP contribution is 2.37. The molecular weight excluding hydrogens is 416 g/mol. The maximum atomic E-state index is 12.5. The Morgan fingerprint density at radius 3 is 2.46 bits per heavy atom. The third-order valence-corrected chi connectivity index (χ3v) is 6.24. The number of ether oxygens (including phenoxy) is 1. The quantitative estimate of drug-likeness (QED) is 0.677. The standard InChI is InChI=1S/C20H28BrClN2O2/c1-12-7-17(21)16(18(22)8-12)11-23-13-9-14-5-6-15(10-13)24(14)19(25)26-20(2,3)4/h7-8,13-15,23H,5-6,9-11H2,1-4H3/t13?,14-,15?/m0/s1. The molecule has 144 valence electrons. The van der Waals surface area contributed by atoms with E-state index in [1.54, 1.807) is 0 Å². The molecule has 1 amide bonds. The van der Waals surface area contributed by atoms with E-state index in [4.69, 9.17) is 16.3 Å². The number of fused-ring (bicyclic) bond motifs is 2. The molecule has 2 aliphatic rings. The van der Waals surface area contributed by atoms with Crippen molar-refractivity contribution in [2.75, 3.05) is 0 Å². The highest BCUT2D eigenvalue weighted by atomic mass is 79.9. The molecule has 0 aliphatic carbocycles. The zero-order valence-electron chi connectivity index (χ0n) is 15.9. The molecule has 0 radical (unpaired) electrons. The molecule has 3 atom stereocenters. The maximum Gasteiger partial charge on any atom is 0.410 e. The maximum absolute atomic E-state index is 12.5. The van der Waals surface area contributed by atoms with E-state index in [-0.39, 0.29) is 18.2 Å². The SMILES string of the molecule is Cc1cc(Cl)c(CNC2CC3CC[C@@H](C2)N3C(=O)OC(C)(C)C)c(Br)c1. The second-order valence-corrected chi connectivity index (χ2v) is 9.79. The van der Waals surface area contributed by atoms with Crippen molar-refractivity contribution in [3.63, 3.8) is 0 Å². The molecule has 2 unspecified atom stereocenters. The van der Waals surface area contributed by atoms with Crippen LogP contribution in [0.15, 0.2) is 16.6 Å². The van der Waals surface area contributed by atoms with Crippen LogP contribution in [0.2, 0.25) is 5.02 Å². The summed E-state index contributed by atoms with van der Waals surface area (Å²) in [5, 5.41) is 4.44. The fraction of sp³-hybridized carbons (Fsp3) is 0.650. The third kappa shape index (κ3) is 4.55. The average molecular weight is 444 g/mol. The van der Waals surface area contributed by atoms with Crippen LogP contribution in [0.1, 0.15) is 57.6 Å². The first kappa shape index (κ1) is 20.0. The van der Waals surface area contributed by atoms with Crippen LogP contribution >= 0.6 is 27.5 Å². The van der Waals surface area contributed by atoms with Crippen LogP contribution in [0.25, 0.3) is 0 Å². The number of carbonyl (C=O) groups is 1. The fourth-order valence-corrected chi connectivity index (χ4v) is 5.27. The number of piperidine rings is 1. The average Bonchev–Trinajstić information content (AvgIpc) is 2.76. The monoisotopic (exact) mass is 442 g/mol. The molecule has 1 aromatic rings. The molecule has 2 heterocycles. The second-order valence-electron chi connectivity index (χ2n) is 8.53. The van der Waals surface area contributed by atoms with Crippen molar-refractivity contribution in [1.82, 2.24) is 10.2 Å². The number of nitrogens with zero attached hydrogens (tertiary/aromatic N) is 1. The summed E-state index contributed by atoms with van der Waals surface area (Å²) >= 11 is 10.0. The molecule has 0 aromatic heterocycles. The van der Waals surface area contributed by atoms with Gasteiger partial charge in [-0.15, -0.1) is 0 Å². The predicted molar refractivity (Wildman–Crippen MR) is 109 cm³/mol. The number of hydrogen-bond donors (Lipinski definition) is 1. The van der Waals surface area contributed by atoms with Crippen LogP contribution in [-0.2, 0) is 11.3 Å². The van der Waals surface area contributed by atoms with Crippen molar-refractivity contribution < 1.29 is 9.53 Å². The zero-order valence-corrected chi connectivity index (χ0v) is 18.3. The molecule has 1 aromatic carbocycles. The van der Waals surface area contributed by atoms with E-state index in [0.29, 0.717) is 6.04 Å². The van der Waals surface area contributed by atoms with Crippen LogP contribution < -0.4 is 5.32 Å². The molecule has 6 heteroatoms. The Labute approximate surface area is 169 Å². The molecule has 26 heavy (non-hydrogen) atoms. The highest BCUT2D eigenvalue weighted by molar-refractivity contribution is 9.10. The molecule has 0 spiro atoms. The predicted octanol–water partition coefficient (Wildman–Crippen LogP) is 5.43. The van der Waals surface area contributed by atoms with Crippen molar-refractivity contribution >= 4 is 33.6 Å². The molecule has 3 rings (SSSR count). The number of amides is 1. The Bertz CT molecular complexity index is 652. The van der Waals surface area contributed by atoms with Gasteiger partial charge in [-0.2, -0.15) is 0 Å². The van der Waals surface area contributed by atoms with Gasteiger partial charge >= 0.3 is 6.09 Å². The molecule has 2 fully saturated rings. The minimum atomic E-state index is -0.444. The van der Waals surface area contributed by atoms with Gasteiger partial charge in [-0.25, -0.2) is 4.79 Å². The van der Waals surface area contributed by atoms with Gasteiger partial charge in [-0.05, 0) is 76.6 Å². The second kappa shape index (κ2) is 7.69. The summed E-state index contributed by atoms with van der Waals surface area (Å²) in [4.78, 5) is 14.5. The Morgan fingerprint density at radius 1 is 1.31 bits per heavy atom. The summed E-state index contributed by atoms with van der Waals surface area (Å²) in [6, 6.07) is 5.04. The van der Waals surface area contributed by atoms with E-state index in [0.717, 1.165) is 52.9 Å². The third-order valence-electron chi connectivity index (χ3n) is 5.19. The largest absolute Gasteiger partial charge is 0.444 e. The van der Waals surface area contributed by atoms with E-state index in [2.05, 4.69) is 27.3 Å². The Morgan fingerprint density at radius 2 is 1.92 bits per heavy atom. The molecule has 1 N–H and O–H groups in total. The lowest BCUT2D eigenvalue weighted by Crippen LogP contribution is -2.52. The number of benzene rings is 1. The van der Waals surface area contributed by atoms with Gasteiger partial charge < -0.3 is 15.0 Å². The Hall–Kier alpha value is -0.780. The van der Waals surface area contributed by atoms with E-state index in [1.807, 2.05) is 38.7 Å². The number of hydrogen-bond acceptors (Lipinski definition) is 3. The number of aryl methyl sites for hydroxylation is 1. The first-order valence-electron chi connectivity index (χ1n) is 9.33. The number of halogens is 2. The molecular formula is C20H28BrClN2O2. The van der Waals surface area contributed by atoms with E-state index < -0.39 is 5.60 Å². The van der Waals surface area contributed by atoms with Crippen molar-refractivity contribution in [1.29, 1.82) is 0 Å². The topological polar surface area (TPSA) is 41.6 Å². The van der Waals surface area contributed by atoms with Crippen LogP contribution in [0.5, 0.6) is 0 Å². The first-order chi connectivity index (χ1) is 12.1. The lowest BCUT2D eigenvalue weighted by atomic mass is 9.97. The molecule has 2 aliphatic heterocycles. The van der Waals surface area contributed by atoms with Crippen LogP contribution in [0.4, 0.5) is 4.79 Å². The highest BCUT2D eigenvalue weighted by Gasteiger charge is 2.44. The minimum Gasteiger partial charge on any atom is -0.444 e. The Balaban J connectivity index is 1.60. The molecule has 0 saturated carbocycles.